The number of alkyl halides is 1. The molecule has 7 nitrogen and oxygen atoms in total. The summed E-state index contributed by atoms with van der Waals surface area (Å²) in [7, 11) is 0. The van der Waals surface area contributed by atoms with Crippen LogP contribution in [0.2, 0.25) is 0 Å². The van der Waals surface area contributed by atoms with Crippen molar-refractivity contribution in [1.29, 1.82) is 0 Å². The van der Waals surface area contributed by atoms with Gasteiger partial charge >= 0.3 is 6.09 Å². The number of hydrogen-bond donors (Lipinski definition) is 0. The van der Waals surface area contributed by atoms with Gasteiger partial charge in [0.2, 0.25) is 11.9 Å². The largest absolute Gasteiger partial charge is 0.444 e. The minimum atomic E-state index is -0.540. The summed E-state index contributed by atoms with van der Waals surface area (Å²) in [5.41, 5.74) is 1.10. The Labute approximate surface area is 145 Å². The van der Waals surface area contributed by atoms with Gasteiger partial charge < -0.3 is 4.74 Å². The molecule has 1 atom stereocenters. The van der Waals surface area contributed by atoms with Crippen LogP contribution in [0.4, 0.5) is 10.7 Å². The van der Waals surface area contributed by atoms with E-state index in [-0.39, 0.29) is 17.9 Å². The molecule has 0 N–H and O–H groups in total. The number of halogens is 1. The van der Waals surface area contributed by atoms with Crippen LogP contribution < -0.4 is 4.90 Å². The Morgan fingerprint density at radius 3 is 2.79 bits per heavy atom. The Morgan fingerprint density at radius 1 is 1.42 bits per heavy atom. The van der Waals surface area contributed by atoms with Crippen molar-refractivity contribution in [2.24, 2.45) is 5.92 Å². The fourth-order valence-corrected chi connectivity index (χ4v) is 3.01. The highest BCUT2D eigenvalue weighted by atomic mass is 35.5. The van der Waals surface area contributed by atoms with Gasteiger partial charge in [-0.1, -0.05) is 0 Å². The summed E-state index contributed by atoms with van der Waals surface area (Å²) in [6, 6.07) is 0. The minimum Gasteiger partial charge on any atom is -0.444 e. The first-order chi connectivity index (χ1) is 11.3. The number of rotatable bonds is 2. The first kappa shape index (κ1) is 17.0. The third kappa shape index (κ3) is 3.45. The number of ether oxygens (including phenoxy) is 1. The minimum absolute atomic E-state index is 0.0115. The monoisotopic (exact) mass is 352 g/mol. The van der Waals surface area contributed by atoms with Crippen LogP contribution >= 0.6 is 11.6 Å². The smallest absolute Gasteiger partial charge is 0.410 e. The fraction of sp³-hybridized carbons (Fsp3) is 0.625. The lowest BCUT2D eigenvalue weighted by Gasteiger charge is -2.23. The van der Waals surface area contributed by atoms with Crippen molar-refractivity contribution in [1.82, 2.24) is 14.9 Å². The van der Waals surface area contributed by atoms with Gasteiger partial charge in [0.15, 0.2) is 0 Å². The van der Waals surface area contributed by atoms with E-state index in [1.807, 2.05) is 20.8 Å². The Balaban J connectivity index is 1.73. The van der Waals surface area contributed by atoms with Gasteiger partial charge in [0, 0.05) is 30.6 Å². The molecule has 2 amide bonds. The molecule has 3 rings (SSSR count). The lowest BCUT2D eigenvalue weighted by atomic mass is 10.2. The van der Waals surface area contributed by atoms with E-state index >= 15 is 0 Å². The third-order valence-corrected chi connectivity index (χ3v) is 4.40. The van der Waals surface area contributed by atoms with Crippen LogP contribution in [0.1, 0.15) is 38.4 Å². The van der Waals surface area contributed by atoms with Gasteiger partial charge in [0.05, 0.1) is 18.8 Å². The van der Waals surface area contributed by atoms with Crippen molar-refractivity contribution in [3.63, 3.8) is 0 Å². The Morgan fingerprint density at radius 2 is 2.17 bits per heavy atom. The second kappa shape index (κ2) is 6.20. The van der Waals surface area contributed by atoms with Crippen LogP contribution in [0, 0.1) is 5.92 Å². The van der Waals surface area contributed by atoms with Gasteiger partial charge in [-0.25, -0.2) is 14.8 Å². The quantitative estimate of drug-likeness (QED) is 0.763. The van der Waals surface area contributed by atoms with E-state index in [0.29, 0.717) is 37.9 Å². The normalized spacial score (nSPS) is 20.5. The zero-order valence-electron chi connectivity index (χ0n) is 14.1. The molecule has 0 bridgehead atoms. The molecule has 3 heterocycles. The first-order valence-electron chi connectivity index (χ1n) is 7.96. The zero-order valence-corrected chi connectivity index (χ0v) is 14.8. The van der Waals surface area contributed by atoms with E-state index in [0.717, 1.165) is 11.3 Å². The molecule has 1 fully saturated rings. The number of aromatic nitrogens is 2. The Kier molecular flexibility index (Phi) is 4.38. The number of amides is 2. The molecule has 1 unspecified atom stereocenters. The van der Waals surface area contributed by atoms with Crippen molar-refractivity contribution in [3.8, 4) is 0 Å². The molecular weight excluding hydrogens is 332 g/mol. The molecule has 1 saturated heterocycles. The van der Waals surface area contributed by atoms with Crippen molar-refractivity contribution in [3.05, 3.63) is 17.5 Å². The van der Waals surface area contributed by atoms with Gasteiger partial charge in [-0.15, -0.1) is 11.6 Å². The summed E-state index contributed by atoms with van der Waals surface area (Å²) < 4.78 is 5.39. The van der Waals surface area contributed by atoms with Crippen molar-refractivity contribution in [2.45, 2.75) is 45.9 Å². The van der Waals surface area contributed by atoms with E-state index in [9.17, 15) is 9.59 Å². The van der Waals surface area contributed by atoms with Crippen molar-refractivity contribution < 1.29 is 14.3 Å². The molecule has 2 aliphatic heterocycles. The van der Waals surface area contributed by atoms with Crippen molar-refractivity contribution >= 4 is 29.5 Å². The highest BCUT2D eigenvalue weighted by molar-refractivity contribution is 6.18. The molecule has 1 aromatic heterocycles. The summed E-state index contributed by atoms with van der Waals surface area (Å²) >= 11 is 5.85. The number of carbonyl (C=O) groups excluding carboxylic acids is 2. The maximum absolute atomic E-state index is 12.2. The number of hydrogen-bond acceptors (Lipinski definition) is 5. The summed E-state index contributed by atoms with van der Waals surface area (Å²) in [6.45, 7) is 6.81. The third-order valence-electron chi connectivity index (χ3n) is 3.96. The standard InChI is InChI=1S/C16H21ClN4O3/c1-16(2,3)24-15(23)20-8-11-6-18-14(19-12(11)9-20)21-7-10(5-17)4-13(21)22/h6,10H,4-5,7-9H2,1-3H3. The van der Waals surface area contributed by atoms with Crippen LogP contribution in [0.5, 0.6) is 0 Å². The maximum atomic E-state index is 12.2. The Bertz CT molecular complexity index is 674. The fourth-order valence-electron chi connectivity index (χ4n) is 2.81. The molecule has 0 spiro atoms. The summed E-state index contributed by atoms with van der Waals surface area (Å²) in [6.07, 6.45) is 1.73. The van der Waals surface area contributed by atoms with E-state index in [4.69, 9.17) is 16.3 Å². The molecule has 130 valence electrons. The number of fused-ring (bicyclic) bond motifs is 1. The summed E-state index contributed by atoms with van der Waals surface area (Å²) in [5, 5.41) is 0. The number of carbonyl (C=O) groups is 2. The summed E-state index contributed by atoms with van der Waals surface area (Å²) in [5.74, 6) is 0.953. The second-order valence-electron chi connectivity index (χ2n) is 7.21. The van der Waals surface area contributed by atoms with Crippen LogP contribution in [0.3, 0.4) is 0 Å². The van der Waals surface area contributed by atoms with E-state index in [1.165, 1.54) is 0 Å². The maximum Gasteiger partial charge on any atom is 0.410 e. The van der Waals surface area contributed by atoms with Crippen LogP contribution in [0.15, 0.2) is 6.20 Å². The average molecular weight is 353 g/mol. The van der Waals surface area contributed by atoms with Gasteiger partial charge in [0.25, 0.3) is 0 Å². The van der Waals surface area contributed by atoms with Gasteiger partial charge in [0.1, 0.15) is 5.60 Å². The van der Waals surface area contributed by atoms with Gasteiger partial charge in [-0.05, 0) is 26.7 Å². The van der Waals surface area contributed by atoms with E-state index < -0.39 is 5.60 Å². The van der Waals surface area contributed by atoms with Crippen molar-refractivity contribution in [2.75, 3.05) is 17.3 Å². The molecule has 0 saturated carbocycles. The number of anilines is 1. The molecule has 0 radical (unpaired) electrons. The van der Waals surface area contributed by atoms with E-state index in [2.05, 4.69) is 9.97 Å². The highest BCUT2D eigenvalue weighted by Gasteiger charge is 2.34. The topological polar surface area (TPSA) is 75.6 Å². The lowest BCUT2D eigenvalue weighted by Crippen LogP contribution is -2.33. The first-order valence-corrected chi connectivity index (χ1v) is 8.49. The van der Waals surface area contributed by atoms with Gasteiger partial charge in [-0.3, -0.25) is 14.6 Å². The van der Waals surface area contributed by atoms with Crippen LogP contribution in [-0.4, -0.2) is 44.9 Å². The molecule has 2 aliphatic rings. The molecule has 1 aromatic rings. The molecule has 24 heavy (non-hydrogen) atoms. The molecule has 0 aliphatic carbocycles. The molecule has 0 aromatic carbocycles. The van der Waals surface area contributed by atoms with E-state index in [1.54, 1.807) is 16.0 Å². The molecular formula is C16H21ClN4O3. The van der Waals surface area contributed by atoms with Crippen LogP contribution in [-0.2, 0) is 22.6 Å². The Hall–Kier alpha value is -1.89. The lowest BCUT2D eigenvalue weighted by molar-refractivity contribution is -0.117. The predicted octanol–water partition coefficient (Wildman–Crippen LogP) is 2.32. The SMILES string of the molecule is CC(C)(C)OC(=O)N1Cc2cnc(N3CC(CCl)CC3=O)nc2C1. The summed E-state index contributed by atoms with van der Waals surface area (Å²) in [4.78, 5) is 36.2. The van der Waals surface area contributed by atoms with Crippen LogP contribution in [0.25, 0.3) is 0 Å². The predicted molar refractivity (Wildman–Crippen MR) is 88.7 cm³/mol. The number of nitrogens with zero attached hydrogens (tertiary/aromatic N) is 4. The second-order valence-corrected chi connectivity index (χ2v) is 7.52. The average Bonchev–Trinajstić information content (AvgIpc) is 3.07. The van der Waals surface area contributed by atoms with Gasteiger partial charge in [-0.2, -0.15) is 0 Å². The zero-order chi connectivity index (χ0) is 17.5. The molecule has 8 heteroatoms. The highest BCUT2D eigenvalue weighted by Crippen LogP contribution is 2.27.